The van der Waals surface area contributed by atoms with Crippen molar-refractivity contribution in [1.29, 1.82) is 0 Å². The van der Waals surface area contributed by atoms with Gasteiger partial charge in [-0.2, -0.15) is 0 Å². The van der Waals surface area contributed by atoms with Crippen molar-refractivity contribution in [2.45, 2.75) is 18.7 Å². The predicted octanol–water partition coefficient (Wildman–Crippen LogP) is 2.96. The summed E-state index contributed by atoms with van der Waals surface area (Å²) in [4.78, 5) is -0.692. The zero-order valence-corrected chi connectivity index (χ0v) is 12.3. The van der Waals surface area contributed by atoms with Gasteiger partial charge in [0.15, 0.2) is 0 Å². The molecule has 2 aromatic rings. The zero-order valence-electron chi connectivity index (χ0n) is 11.4. The van der Waals surface area contributed by atoms with Gasteiger partial charge in [0.05, 0.1) is 11.4 Å². The summed E-state index contributed by atoms with van der Waals surface area (Å²) < 4.78 is 53.5. The molecule has 0 unspecified atom stereocenters. The number of sulfonamides is 1. The average Bonchev–Trinajstić information content (AvgIpc) is 2.37. The highest BCUT2D eigenvalue weighted by molar-refractivity contribution is 7.92. The molecule has 0 atom stereocenters. The Morgan fingerprint density at radius 2 is 1.71 bits per heavy atom. The van der Waals surface area contributed by atoms with Crippen molar-refractivity contribution in [2.24, 2.45) is 0 Å². The Kier molecular flexibility index (Phi) is 3.87. The molecule has 7 heteroatoms. The first-order valence-electron chi connectivity index (χ1n) is 6.05. The number of anilines is 2. The third-order valence-electron chi connectivity index (χ3n) is 2.98. The molecule has 0 amide bonds. The number of nitrogen functional groups attached to an aromatic ring is 1. The van der Waals surface area contributed by atoms with E-state index in [9.17, 15) is 17.2 Å². The quantitative estimate of drug-likeness (QED) is 0.856. The molecule has 3 N–H and O–H groups in total. The lowest BCUT2D eigenvalue weighted by Gasteiger charge is -2.12. The van der Waals surface area contributed by atoms with Crippen molar-refractivity contribution in [1.82, 2.24) is 0 Å². The lowest BCUT2D eigenvalue weighted by Crippen LogP contribution is -2.16. The monoisotopic (exact) mass is 312 g/mol. The van der Waals surface area contributed by atoms with Crippen LogP contribution in [0, 0.1) is 25.5 Å². The Balaban J connectivity index is 2.48. The van der Waals surface area contributed by atoms with Crippen LogP contribution in [0.4, 0.5) is 20.2 Å². The highest BCUT2D eigenvalue weighted by atomic mass is 32.2. The number of halogens is 2. The molecule has 0 aliphatic carbocycles. The van der Waals surface area contributed by atoms with E-state index in [4.69, 9.17) is 5.73 Å². The predicted molar refractivity (Wildman–Crippen MR) is 77.5 cm³/mol. The highest BCUT2D eigenvalue weighted by Gasteiger charge is 2.22. The molecule has 0 bridgehead atoms. The van der Waals surface area contributed by atoms with E-state index in [2.05, 4.69) is 4.72 Å². The second-order valence-electron chi connectivity index (χ2n) is 4.73. The lowest BCUT2D eigenvalue weighted by molar-refractivity contribution is 0.553. The molecule has 0 aromatic heterocycles. The fourth-order valence-electron chi connectivity index (χ4n) is 1.80. The molecular weight excluding hydrogens is 298 g/mol. The molecule has 0 aliphatic heterocycles. The van der Waals surface area contributed by atoms with E-state index in [-0.39, 0.29) is 0 Å². The number of hydrogen-bond donors (Lipinski definition) is 2. The molecule has 0 saturated carbocycles. The van der Waals surface area contributed by atoms with Crippen LogP contribution in [0.1, 0.15) is 11.1 Å². The molecule has 0 saturated heterocycles. The third-order valence-corrected chi connectivity index (χ3v) is 4.36. The molecular formula is C14H14F2N2O2S. The molecule has 2 rings (SSSR count). The standard InChI is InChI=1S/C14H14F2N2O2S/c1-8-3-4-9(2)13(5-8)18-21(19,20)14-7-12(17)10(15)6-11(14)16/h3-7,18H,17H2,1-2H3. The normalized spacial score (nSPS) is 11.4. The molecule has 21 heavy (non-hydrogen) atoms. The Morgan fingerprint density at radius 1 is 1.05 bits per heavy atom. The van der Waals surface area contributed by atoms with Crippen LogP contribution in [-0.4, -0.2) is 8.42 Å². The van der Waals surface area contributed by atoms with E-state index in [1.165, 1.54) is 0 Å². The van der Waals surface area contributed by atoms with Gasteiger partial charge >= 0.3 is 0 Å². The van der Waals surface area contributed by atoms with Crippen molar-refractivity contribution in [2.75, 3.05) is 10.5 Å². The zero-order chi connectivity index (χ0) is 15.8. The summed E-state index contributed by atoms with van der Waals surface area (Å²) >= 11 is 0. The highest BCUT2D eigenvalue weighted by Crippen LogP contribution is 2.25. The minimum absolute atomic E-state index is 0.331. The Morgan fingerprint density at radius 3 is 2.38 bits per heavy atom. The van der Waals surface area contributed by atoms with Gasteiger partial charge in [0.25, 0.3) is 10.0 Å². The molecule has 0 spiro atoms. The molecule has 0 radical (unpaired) electrons. The van der Waals surface area contributed by atoms with Crippen molar-refractivity contribution in [3.05, 3.63) is 53.1 Å². The van der Waals surface area contributed by atoms with Gasteiger partial charge in [0.2, 0.25) is 0 Å². The minimum atomic E-state index is -4.19. The van der Waals surface area contributed by atoms with Crippen molar-refractivity contribution < 1.29 is 17.2 Å². The van der Waals surface area contributed by atoms with E-state index in [0.29, 0.717) is 17.3 Å². The van der Waals surface area contributed by atoms with Crippen LogP contribution in [0.25, 0.3) is 0 Å². The van der Waals surface area contributed by atoms with E-state index in [1.54, 1.807) is 26.0 Å². The van der Waals surface area contributed by atoms with Gasteiger partial charge in [-0.15, -0.1) is 0 Å². The van der Waals surface area contributed by atoms with Crippen LogP contribution in [0.3, 0.4) is 0 Å². The van der Waals surface area contributed by atoms with Gasteiger partial charge in [-0.05, 0) is 37.1 Å². The van der Waals surface area contributed by atoms with Crippen molar-refractivity contribution in [3.8, 4) is 0 Å². The van der Waals surface area contributed by atoms with Gasteiger partial charge < -0.3 is 5.73 Å². The van der Waals surface area contributed by atoms with E-state index >= 15 is 0 Å². The van der Waals surface area contributed by atoms with Crippen LogP contribution in [0.15, 0.2) is 35.2 Å². The van der Waals surface area contributed by atoms with E-state index < -0.39 is 32.2 Å². The third kappa shape index (κ3) is 3.13. The van der Waals surface area contributed by atoms with Gasteiger partial charge in [0, 0.05) is 6.07 Å². The van der Waals surface area contributed by atoms with Crippen molar-refractivity contribution in [3.63, 3.8) is 0 Å². The summed E-state index contributed by atoms with van der Waals surface area (Å²) in [6.07, 6.45) is 0. The summed E-state index contributed by atoms with van der Waals surface area (Å²) in [6.45, 7) is 3.51. The maximum Gasteiger partial charge on any atom is 0.264 e. The smallest absolute Gasteiger partial charge is 0.264 e. The minimum Gasteiger partial charge on any atom is -0.396 e. The molecule has 112 valence electrons. The SMILES string of the molecule is Cc1ccc(C)c(NS(=O)(=O)c2cc(N)c(F)cc2F)c1. The van der Waals surface area contributed by atoms with Gasteiger partial charge in [-0.3, -0.25) is 4.72 Å². The number of benzene rings is 2. The second-order valence-corrected chi connectivity index (χ2v) is 6.38. The average molecular weight is 312 g/mol. The van der Waals surface area contributed by atoms with Crippen LogP contribution in [-0.2, 0) is 10.0 Å². The summed E-state index contributed by atoms with van der Waals surface area (Å²) in [7, 11) is -4.19. The maximum atomic E-state index is 13.7. The summed E-state index contributed by atoms with van der Waals surface area (Å²) in [5.74, 6) is -2.20. The first kappa shape index (κ1) is 15.2. The lowest BCUT2D eigenvalue weighted by atomic mass is 10.1. The number of nitrogens with two attached hydrogens (primary N) is 1. The molecule has 4 nitrogen and oxygen atoms in total. The van der Waals surface area contributed by atoms with Crippen LogP contribution in [0.5, 0.6) is 0 Å². The van der Waals surface area contributed by atoms with E-state index in [0.717, 1.165) is 11.6 Å². The maximum absolute atomic E-state index is 13.7. The van der Waals surface area contributed by atoms with E-state index in [1.807, 2.05) is 6.07 Å². The first-order valence-corrected chi connectivity index (χ1v) is 7.53. The van der Waals surface area contributed by atoms with Gasteiger partial charge in [-0.1, -0.05) is 12.1 Å². The largest absolute Gasteiger partial charge is 0.396 e. The number of aryl methyl sites for hydroxylation is 2. The number of rotatable bonds is 3. The summed E-state index contributed by atoms with van der Waals surface area (Å²) in [6, 6.07) is 6.40. The van der Waals surface area contributed by atoms with Gasteiger partial charge in [0.1, 0.15) is 16.5 Å². The molecule has 0 aliphatic rings. The first-order chi connectivity index (χ1) is 9.70. The second kappa shape index (κ2) is 5.33. The fraction of sp³-hybridized carbons (Fsp3) is 0.143. The molecule has 0 fully saturated rings. The molecule has 2 aromatic carbocycles. The Hall–Kier alpha value is -2.15. The van der Waals surface area contributed by atoms with Crippen LogP contribution in [0.2, 0.25) is 0 Å². The molecule has 0 heterocycles. The number of hydrogen-bond acceptors (Lipinski definition) is 3. The summed E-state index contributed by atoms with van der Waals surface area (Å²) in [5, 5.41) is 0. The van der Waals surface area contributed by atoms with Gasteiger partial charge in [-0.25, -0.2) is 17.2 Å². The number of nitrogens with one attached hydrogen (secondary N) is 1. The van der Waals surface area contributed by atoms with Crippen LogP contribution < -0.4 is 10.5 Å². The Labute approximate surface area is 121 Å². The van der Waals surface area contributed by atoms with Crippen molar-refractivity contribution >= 4 is 21.4 Å². The Bertz CT molecular complexity index is 805. The topological polar surface area (TPSA) is 72.2 Å². The van der Waals surface area contributed by atoms with Crippen LogP contribution >= 0.6 is 0 Å². The summed E-state index contributed by atoms with van der Waals surface area (Å²) in [5.41, 5.74) is 6.72. The fourth-order valence-corrected chi connectivity index (χ4v) is 3.01.